The molecule has 0 aromatic heterocycles. The summed E-state index contributed by atoms with van der Waals surface area (Å²) in [6.07, 6.45) is 7.98. The average molecular weight is 382 g/mol. The Balaban J connectivity index is 1.28. The molecule has 5 nitrogen and oxygen atoms in total. The predicted molar refractivity (Wildman–Crippen MR) is 109 cm³/mol. The highest BCUT2D eigenvalue weighted by Gasteiger charge is 2.44. The normalized spacial score (nSPS) is 32.5. The van der Waals surface area contributed by atoms with Gasteiger partial charge in [-0.05, 0) is 80.9 Å². The van der Waals surface area contributed by atoms with Crippen LogP contribution in [-0.4, -0.2) is 36.0 Å². The van der Waals surface area contributed by atoms with Gasteiger partial charge in [0.25, 0.3) is 0 Å². The van der Waals surface area contributed by atoms with Gasteiger partial charge < -0.3 is 15.1 Å². The van der Waals surface area contributed by atoms with Crippen molar-refractivity contribution in [3.8, 4) is 0 Å². The molecule has 3 atom stereocenters. The molecule has 2 aliphatic carbocycles. The number of hydrogen-bond donors (Lipinski definition) is 1. The van der Waals surface area contributed by atoms with Crippen molar-refractivity contribution in [1.82, 2.24) is 10.2 Å². The fourth-order valence-electron chi connectivity index (χ4n) is 6.27. The Labute approximate surface area is 167 Å². The number of anilines is 1. The van der Waals surface area contributed by atoms with Crippen LogP contribution >= 0.6 is 0 Å². The Kier molecular flexibility index (Phi) is 4.56. The molecule has 150 valence electrons. The van der Waals surface area contributed by atoms with Gasteiger partial charge in [0.2, 0.25) is 5.91 Å². The van der Waals surface area contributed by atoms with Gasteiger partial charge in [0.1, 0.15) is 0 Å². The van der Waals surface area contributed by atoms with Gasteiger partial charge in [-0.2, -0.15) is 0 Å². The lowest BCUT2D eigenvalue weighted by Gasteiger charge is -2.39. The third-order valence-corrected chi connectivity index (χ3v) is 7.46. The first kappa shape index (κ1) is 18.0. The van der Waals surface area contributed by atoms with Gasteiger partial charge in [-0.3, -0.25) is 4.79 Å². The molecule has 5 fully saturated rings. The van der Waals surface area contributed by atoms with E-state index in [0.717, 1.165) is 42.6 Å². The van der Waals surface area contributed by atoms with Crippen LogP contribution in [0.5, 0.6) is 0 Å². The van der Waals surface area contributed by atoms with Gasteiger partial charge in [-0.15, -0.1) is 0 Å². The van der Waals surface area contributed by atoms with Crippen LogP contribution in [0.15, 0.2) is 24.3 Å². The van der Waals surface area contributed by atoms with Crippen molar-refractivity contribution in [3.63, 3.8) is 0 Å². The minimum Gasteiger partial charge on any atom is -0.331 e. The molecule has 4 bridgehead atoms. The van der Waals surface area contributed by atoms with E-state index in [1.807, 2.05) is 30.0 Å². The maximum absolute atomic E-state index is 13.1. The van der Waals surface area contributed by atoms with E-state index in [1.54, 1.807) is 0 Å². The van der Waals surface area contributed by atoms with Crippen LogP contribution < -0.4 is 10.2 Å². The van der Waals surface area contributed by atoms with Crippen LogP contribution in [0.1, 0.15) is 63.5 Å². The topological polar surface area (TPSA) is 52.7 Å². The molecule has 0 spiro atoms. The van der Waals surface area contributed by atoms with E-state index in [2.05, 4.69) is 16.3 Å². The number of amides is 3. The highest BCUT2D eigenvalue weighted by molar-refractivity contribution is 5.95. The van der Waals surface area contributed by atoms with Gasteiger partial charge in [-0.25, -0.2) is 4.79 Å². The zero-order valence-corrected chi connectivity index (χ0v) is 16.8. The number of benzene rings is 1. The number of urea groups is 1. The molecule has 3 aliphatic heterocycles. The van der Waals surface area contributed by atoms with Gasteiger partial charge in [0, 0.05) is 31.2 Å². The Morgan fingerprint density at radius 1 is 1.11 bits per heavy atom. The van der Waals surface area contributed by atoms with Crippen LogP contribution in [0.3, 0.4) is 0 Å². The van der Waals surface area contributed by atoms with Gasteiger partial charge >= 0.3 is 6.03 Å². The lowest BCUT2D eigenvalue weighted by Crippen LogP contribution is -2.47. The summed E-state index contributed by atoms with van der Waals surface area (Å²) < 4.78 is 0. The fourth-order valence-corrected chi connectivity index (χ4v) is 6.27. The van der Waals surface area contributed by atoms with Crippen molar-refractivity contribution >= 4 is 17.6 Å². The zero-order chi connectivity index (χ0) is 19.3. The van der Waals surface area contributed by atoms with E-state index in [4.69, 9.17) is 0 Å². The summed E-state index contributed by atoms with van der Waals surface area (Å²) in [5, 5.41) is 3.25. The molecule has 1 aromatic carbocycles. The molecule has 28 heavy (non-hydrogen) atoms. The molecular formula is C23H31N3O2. The van der Waals surface area contributed by atoms with Crippen molar-refractivity contribution in [1.29, 1.82) is 0 Å². The number of fused-ring (bicyclic) bond motifs is 1. The monoisotopic (exact) mass is 381 g/mol. The first-order valence-electron chi connectivity index (χ1n) is 11.0. The molecule has 0 radical (unpaired) electrons. The van der Waals surface area contributed by atoms with E-state index < -0.39 is 0 Å². The molecule has 3 saturated heterocycles. The van der Waals surface area contributed by atoms with Crippen molar-refractivity contribution in [2.75, 3.05) is 18.0 Å². The summed E-state index contributed by atoms with van der Waals surface area (Å²) >= 11 is 0. The first-order chi connectivity index (χ1) is 13.6. The third-order valence-electron chi connectivity index (χ3n) is 7.46. The van der Waals surface area contributed by atoms with Crippen LogP contribution in [0.4, 0.5) is 10.5 Å². The molecule has 2 saturated carbocycles. The summed E-state index contributed by atoms with van der Waals surface area (Å²) in [5.41, 5.74) is 2.01. The second kappa shape index (κ2) is 7.09. The molecule has 3 unspecified atom stereocenters. The third kappa shape index (κ3) is 3.29. The lowest BCUT2D eigenvalue weighted by atomic mass is 9.68. The Hall–Kier alpha value is -2.04. The minimum absolute atomic E-state index is 0.0669. The highest BCUT2D eigenvalue weighted by atomic mass is 16.2. The van der Waals surface area contributed by atoms with E-state index in [-0.39, 0.29) is 18.0 Å². The standard InChI is InChI=1S/C23H31N3O2/c1-15(19-4-2-5-20(13-19)25-7-3-6-22(25)27)24-23(28)26-14-18-9-16-8-17(10-18)12-21(26)11-16/h2,4-5,13,15-18,21H,3,6-12,14H2,1H3,(H,24,28). The Morgan fingerprint density at radius 2 is 1.86 bits per heavy atom. The van der Waals surface area contributed by atoms with E-state index in [9.17, 15) is 9.59 Å². The highest BCUT2D eigenvalue weighted by Crippen LogP contribution is 2.47. The smallest absolute Gasteiger partial charge is 0.318 e. The van der Waals surface area contributed by atoms with E-state index in [1.165, 1.54) is 32.1 Å². The Bertz CT molecular complexity index is 765. The minimum atomic E-state index is -0.0669. The van der Waals surface area contributed by atoms with Gasteiger partial charge in [-0.1, -0.05) is 12.1 Å². The number of carbonyl (C=O) groups is 2. The summed E-state index contributed by atoms with van der Waals surface area (Å²) in [7, 11) is 0. The maximum atomic E-state index is 13.1. The second-order valence-corrected chi connectivity index (χ2v) is 9.50. The number of nitrogens with zero attached hydrogens (tertiary/aromatic N) is 2. The number of carbonyl (C=O) groups excluding carboxylic acids is 2. The second-order valence-electron chi connectivity index (χ2n) is 9.50. The van der Waals surface area contributed by atoms with Crippen molar-refractivity contribution in [2.45, 2.75) is 64.0 Å². The summed E-state index contributed by atoms with van der Waals surface area (Å²) in [5.74, 6) is 2.57. The van der Waals surface area contributed by atoms with E-state index >= 15 is 0 Å². The zero-order valence-electron chi connectivity index (χ0n) is 16.8. The largest absolute Gasteiger partial charge is 0.331 e. The maximum Gasteiger partial charge on any atom is 0.318 e. The number of hydrogen-bond acceptors (Lipinski definition) is 2. The van der Waals surface area contributed by atoms with Crippen LogP contribution in [-0.2, 0) is 4.79 Å². The van der Waals surface area contributed by atoms with Gasteiger partial charge in [0.05, 0.1) is 6.04 Å². The fraction of sp³-hybridized carbons (Fsp3) is 0.652. The van der Waals surface area contributed by atoms with Gasteiger partial charge in [0.15, 0.2) is 0 Å². The number of nitrogens with one attached hydrogen (secondary N) is 1. The van der Waals surface area contributed by atoms with E-state index in [0.29, 0.717) is 18.4 Å². The summed E-state index contributed by atoms with van der Waals surface area (Å²) in [4.78, 5) is 29.2. The average Bonchev–Trinajstić information content (AvgIpc) is 3.01. The quantitative estimate of drug-likeness (QED) is 0.857. The molecule has 1 aromatic rings. The summed E-state index contributed by atoms with van der Waals surface area (Å²) in [6, 6.07) is 8.54. The summed E-state index contributed by atoms with van der Waals surface area (Å²) in [6.45, 7) is 3.77. The Morgan fingerprint density at radius 3 is 2.57 bits per heavy atom. The van der Waals surface area contributed by atoms with Crippen molar-refractivity contribution < 1.29 is 9.59 Å². The lowest BCUT2D eigenvalue weighted by molar-refractivity contribution is -0.117. The van der Waals surface area contributed by atoms with Crippen LogP contribution in [0, 0.1) is 17.8 Å². The van der Waals surface area contributed by atoms with Crippen molar-refractivity contribution in [2.24, 2.45) is 17.8 Å². The van der Waals surface area contributed by atoms with Crippen molar-refractivity contribution in [3.05, 3.63) is 29.8 Å². The van der Waals surface area contributed by atoms with Crippen LogP contribution in [0.25, 0.3) is 0 Å². The molecule has 1 N–H and O–H groups in total. The number of rotatable bonds is 3. The predicted octanol–water partition coefficient (Wildman–Crippen LogP) is 4.09. The molecule has 3 heterocycles. The SMILES string of the molecule is CC(NC(=O)N1CC2CC3CC(C2)CC1C3)c1cccc(N2CCCC2=O)c1. The molecular weight excluding hydrogens is 350 g/mol. The molecule has 5 aliphatic rings. The molecule has 5 heteroatoms. The molecule has 6 rings (SSSR count). The molecule has 3 amide bonds. The van der Waals surface area contributed by atoms with Crippen LogP contribution in [0.2, 0.25) is 0 Å². The first-order valence-corrected chi connectivity index (χ1v) is 11.0.